The lowest BCUT2D eigenvalue weighted by Crippen LogP contribution is -2.58. The molecule has 2 unspecified atom stereocenters. The molecule has 1 aliphatic rings. The number of hydrogen-bond donors (Lipinski definition) is 2. The van der Waals surface area contributed by atoms with Crippen molar-refractivity contribution < 1.29 is 19.1 Å². The van der Waals surface area contributed by atoms with Crippen molar-refractivity contribution in [3.8, 4) is 12.3 Å². The second-order valence-corrected chi connectivity index (χ2v) is 10.6. The van der Waals surface area contributed by atoms with Crippen LogP contribution in [0.4, 0.5) is 4.79 Å². The van der Waals surface area contributed by atoms with E-state index >= 15 is 0 Å². The molecule has 7 nitrogen and oxygen atoms in total. The fourth-order valence-corrected chi connectivity index (χ4v) is 3.59. The maximum atomic E-state index is 13.6. The highest BCUT2D eigenvalue weighted by Crippen LogP contribution is 2.34. The summed E-state index contributed by atoms with van der Waals surface area (Å²) in [6.45, 7) is 12.6. The van der Waals surface area contributed by atoms with Crippen molar-refractivity contribution in [2.24, 2.45) is 0 Å². The summed E-state index contributed by atoms with van der Waals surface area (Å²) in [4.78, 5) is 41.0. The number of carbonyl (C=O) groups excluding carboxylic acids is 3. The monoisotopic (exact) mass is 455 g/mol. The van der Waals surface area contributed by atoms with Gasteiger partial charge in [0.15, 0.2) is 0 Å². The first kappa shape index (κ1) is 26.2. The highest BCUT2D eigenvalue weighted by molar-refractivity contribution is 5.92. The van der Waals surface area contributed by atoms with Crippen molar-refractivity contribution in [1.29, 1.82) is 0 Å². The number of rotatable bonds is 6. The molecule has 0 aliphatic heterocycles. The van der Waals surface area contributed by atoms with Crippen molar-refractivity contribution in [3.63, 3.8) is 0 Å². The normalized spacial score (nSPS) is 15.9. The Kier molecular flexibility index (Phi) is 8.18. The van der Waals surface area contributed by atoms with Crippen molar-refractivity contribution in [3.05, 3.63) is 35.4 Å². The van der Waals surface area contributed by atoms with Gasteiger partial charge in [0, 0.05) is 17.1 Å². The number of nitrogens with one attached hydrogen (secondary N) is 2. The van der Waals surface area contributed by atoms with Crippen LogP contribution in [-0.4, -0.2) is 46.0 Å². The molecule has 0 bridgehead atoms. The molecule has 0 radical (unpaired) electrons. The zero-order chi connectivity index (χ0) is 25.0. The number of amides is 3. The van der Waals surface area contributed by atoms with Crippen LogP contribution in [0.15, 0.2) is 24.3 Å². The topological polar surface area (TPSA) is 87.7 Å². The van der Waals surface area contributed by atoms with Crippen LogP contribution in [0, 0.1) is 12.3 Å². The maximum absolute atomic E-state index is 13.6. The van der Waals surface area contributed by atoms with Gasteiger partial charge in [0.05, 0.1) is 0 Å². The molecule has 2 N–H and O–H groups in total. The molecule has 0 spiro atoms. The van der Waals surface area contributed by atoms with Crippen molar-refractivity contribution in [2.75, 3.05) is 0 Å². The van der Waals surface area contributed by atoms with Crippen LogP contribution < -0.4 is 10.6 Å². The van der Waals surface area contributed by atoms with E-state index in [9.17, 15) is 14.4 Å². The smallest absolute Gasteiger partial charge is 0.408 e. The van der Waals surface area contributed by atoms with E-state index in [-0.39, 0.29) is 17.9 Å². The van der Waals surface area contributed by atoms with Crippen LogP contribution in [0.1, 0.15) is 84.9 Å². The van der Waals surface area contributed by atoms with Gasteiger partial charge >= 0.3 is 6.09 Å². The number of carbonyl (C=O) groups is 3. The molecule has 33 heavy (non-hydrogen) atoms. The fourth-order valence-electron chi connectivity index (χ4n) is 3.59. The van der Waals surface area contributed by atoms with Crippen molar-refractivity contribution in [1.82, 2.24) is 15.5 Å². The van der Waals surface area contributed by atoms with Gasteiger partial charge in [0.25, 0.3) is 0 Å². The second-order valence-electron chi connectivity index (χ2n) is 10.6. The van der Waals surface area contributed by atoms with E-state index in [0.29, 0.717) is 11.1 Å². The van der Waals surface area contributed by atoms with Gasteiger partial charge in [0.1, 0.15) is 17.7 Å². The molecule has 0 heterocycles. The van der Waals surface area contributed by atoms with Crippen LogP contribution in [0.5, 0.6) is 0 Å². The summed E-state index contributed by atoms with van der Waals surface area (Å²) in [7, 11) is 0. The predicted molar refractivity (Wildman–Crippen MR) is 128 cm³/mol. The lowest BCUT2D eigenvalue weighted by Gasteiger charge is -2.43. The Morgan fingerprint density at radius 3 is 2.09 bits per heavy atom. The molecule has 1 fully saturated rings. The third-order valence-corrected chi connectivity index (χ3v) is 5.24. The molecule has 1 aromatic rings. The zero-order valence-corrected chi connectivity index (χ0v) is 20.8. The molecule has 2 atom stereocenters. The van der Waals surface area contributed by atoms with Crippen LogP contribution in [0.3, 0.4) is 0 Å². The number of ether oxygens (including phenoxy) is 1. The Labute approximate surface area is 197 Å². The molecule has 180 valence electrons. The van der Waals surface area contributed by atoms with E-state index in [1.54, 1.807) is 56.9 Å². The van der Waals surface area contributed by atoms with Gasteiger partial charge in [-0.2, -0.15) is 0 Å². The van der Waals surface area contributed by atoms with E-state index in [4.69, 9.17) is 11.2 Å². The third kappa shape index (κ3) is 7.52. The van der Waals surface area contributed by atoms with Crippen LogP contribution in [-0.2, 0) is 14.3 Å². The standard InChI is InChI=1S/C26H37N3O4/c1-9-18-13-15-19(16-14-18)21(22(30)28-25(3,4)5)29(20-11-10-12-20)23(31)17(2)27-24(32)33-26(6,7)8/h1,13-17,20-21H,10-12H2,2-8H3,(H,27,32)(H,28,30). The number of terminal acetylenes is 1. The Balaban J connectivity index is 2.40. The van der Waals surface area contributed by atoms with Crippen LogP contribution in [0.25, 0.3) is 0 Å². The summed E-state index contributed by atoms with van der Waals surface area (Å²) < 4.78 is 5.30. The summed E-state index contributed by atoms with van der Waals surface area (Å²) in [5.74, 6) is 1.96. The van der Waals surface area contributed by atoms with E-state index < -0.39 is 29.3 Å². The molecular weight excluding hydrogens is 418 g/mol. The van der Waals surface area contributed by atoms with Crippen LogP contribution >= 0.6 is 0 Å². The minimum Gasteiger partial charge on any atom is -0.444 e. The molecular formula is C26H37N3O4. The van der Waals surface area contributed by atoms with Gasteiger partial charge in [-0.15, -0.1) is 6.42 Å². The fraction of sp³-hybridized carbons (Fsp3) is 0.577. The summed E-state index contributed by atoms with van der Waals surface area (Å²) in [5.41, 5.74) is 0.188. The number of benzene rings is 1. The SMILES string of the molecule is C#Cc1ccc(C(C(=O)NC(C)(C)C)N(C(=O)C(C)NC(=O)OC(C)(C)C)C2CCC2)cc1. The van der Waals surface area contributed by atoms with Crippen molar-refractivity contribution in [2.45, 2.75) is 97.0 Å². The highest BCUT2D eigenvalue weighted by atomic mass is 16.6. The lowest BCUT2D eigenvalue weighted by molar-refractivity contribution is -0.147. The molecule has 2 rings (SSSR count). The second kappa shape index (κ2) is 10.3. The predicted octanol–water partition coefficient (Wildman–Crippen LogP) is 3.92. The summed E-state index contributed by atoms with van der Waals surface area (Å²) in [6, 6.07) is 5.28. The summed E-state index contributed by atoms with van der Waals surface area (Å²) in [5, 5.41) is 5.63. The van der Waals surface area contributed by atoms with E-state index in [0.717, 1.165) is 19.3 Å². The first-order valence-electron chi connectivity index (χ1n) is 11.4. The molecule has 3 amide bonds. The Bertz CT molecular complexity index is 899. The van der Waals surface area contributed by atoms with Gasteiger partial charge in [0.2, 0.25) is 11.8 Å². The summed E-state index contributed by atoms with van der Waals surface area (Å²) >= 11 is 0. The van der Waals surface area contributed by atoms with E-state index in [1.807, 2.05) is 20.8 Å². The molecule has 7 heteroatoms. The third-order valence-electron chi connectivity index (χ3n) is 5.24. The van der Waals surface area contributed by atoms with Gasteiger partial charge in [-0.05, 0) is 85.4 Å². The number of alkyl carbamates (subject to hydrolysis) is 1. The molecule has 1 aromatic carbocycles. The van der Waals surface area contributed by atoms with Gasteiger partial charge in [-0.25, -0.2) is 4.79 Å². The van der Waals surface area contributed by atoms with E-state index in [1.165, 1.54) is 0 Å². The average Bonchev–Trinajstić information content (AvgIpc) is 2.62. The minimum absolute atomic E-state index is 0.0941. The largest absolute Gasteiger partial charge is 0.444 e. The minimum atomic E-state index is -0.865. The lowest BCUT2D eigenvalue weighted by atomic mass is 9.88. The van der Waals surface area contributed by atoms with Gasteiger partial charge in [-0.3, -0.25) is 9.59 Å². The molecule has 1 saturated carbocycles. The quantitative estimate of drug-likeness (QED) is 0.637. The summed E-state index contributed by atoms with van der Waals surface area (Å²) in [6.07, 6.45) is 7.39. The maximum Gasteiger partial charge on any atom is 0.408 e. The van der Waals surface area contributed by atoms with E-state index in [2.05, 4.69) is 16.6 Å². The number of hydrogen-bond acceptors (Lipinski definition) is 4. The first-order chi connectivity index (χ1) is 15.2. The van der Waals surface area contributed by atoms with Crippen LogP contribution in [0.2, 0.25) is 0 Å². The Morgan fingerprint density at radius 2 is 1.67 bits per heavy atom. The highest BCUT2D eigenvalue weighted by Gasteiger charge is 2.41. The molecule has 1 aliphatic carbocycles. The zero-order valence-electron chi connectivity index (χ0n) is 20.8. The average molecular weight is 456 g/mol. The number of nitrogens with zero attached hydrogens (tertiary/aromatic N) is 1. The first-order valence-corrected chi connectivity index (χ1v) is 11.4. The van der Waals surface area contributed by atoms with Gasteiger partial charge < -0.3 is 20.3 Å². The molecule has 0 saturated heterocycles. The Hall–Kier alpha value is -3.01. The Morgan fingerprint density at radius 1 is 1.09 bits per heavy atom. The van der Waals surface area contributed by atoms with Gasteiger partial charge in [-0.1, -0.05) is 18.1 Å². The molecule has 0 aromatic heterocycles. The van der Waals surface area contributed by atoms with Crippen molar-refractivity contribution >= 4 is 17.9 Å².